The van der Waals surface area contributed by atoms with Crippen LogP contribution in [-0.4, -0.2) is 28.8 Å². The highest BCUT2D eigenvalue weighted by Crippen LogP contribution is 2.15. The minimum absolute atomic E-state index is 0.0209. The zero-order valence-electron chi connectivity index (χ0n) is 16.3. The molecule has 2 aromatic carbocycles. The summed E-state index contributed by atoms with van der Waals surface area (Å²) in [6.07, 6.45) is 0.225. The maximum Gasteiger partial charge on any atom is 0.242 e. The first-order chi connectivity index (χ1) is 12.8. The maximum absolute atomic E-state index is 13.0. The molecular weight excluding hydrogens is 360 g/mol. The van der Waals surface area contributed by atoms with Crippen molar-refractivity contribution in [1.82, 2.24) is 10.2 Å². The summed E-state index contributed by atoms with van der Waals surface area (Å²) >= 11 is 5.92. The lowest BCUT2D eigenvalue weighted by Crippen LogP contribution is -2.49. The second kappa shape index (κ2) is 9.56. The molecule has 1 atom stereocenters. The Morgan fingerprint density at radius 1 is 0.963 bits per heavy atom. The van der Waals surface area contributed by atoms with Crippen LogP contribution < -0.4 is 5.32 Å². The molecule has 0 unspecified atom stereocenters. The van der Waals surface area contributed by atoms with Gasteiger partial charge in [0.1, 0.15) is 6.04 Å². The molecule has 0 spiro atoms. The van der Waals surface area contributed by atoms with Crippen molar-refractivity contribution in [3.8, 4) is 0 Å². The van der Waals surface area contributed by atoms with E-state index in [0.717, 1.165) is 16.7 Å². The van der Waals surface area contributed by atoms with E-state index >= 15 is 0 Å². The van der Waals surface area contributed by atoms with Crippen molar-refractivity contribution in [3.63, 3.8) is 0 Å². The molecule has 27 heavy (non-hydrogen) atoms. The number of hydrogen-bond donors (Lipinski definition) is 1. The first-order valence-electron chi connectivity index (χ1n) is 9.16. The van der Waals surface area contributed by atoms with Crippen LogP contribution in [0.4, 0.5) is 0 Å². The number of rotatable bonds is 7. The molecule has 4 nitrogen and oxygen atoms in total. The monoisotopic (exact) mass is 386 g/mol. The van der Waals surface area contributed by atoms with Gasteiger partial charge in [0.25, 0.3) is 0 Å². The molecule has 2 amide bonds. The third-order valence-electron chi connectivity index (χ3n) is 4.34. The molecule has 0 aliphatic rings. The van der Waals surface area contributed by atoms with Crippen LogP contribution in [0.5, 0.6) is 0 Å². The molecule has 144 valence electrons. The fourth-order valence-electron chi connectivity index (χ4n) is 2.76. The molecule has 0 radical (unpaired) electrons. The molecule has 0 aliphatic heterocycles. The molecule has 0 heterocycles. The Bertz CT molecular complexity index is 770. The van der Waals surface area contributed by atoms with Crippen molar-refractivity contribution >= 4 is 23.4 Å². The molecule has 0 bridgehead atoms. The third kappa shape index (κ3) is 6.40. The van der Waals surface area contributed by atoms with E-state index in [4.69, 9.17) is 11.6 Å². The first-order valence-corrected chi connectivity index (χ1v) is 9.54. The van der Waals surface area contributed by atoms with Crippen LogP contribution in [0.15, 0.2) is 48.5 Å². The average molecular weight is 387 g/mol. The van der Waals surface area contributed by atoms with E-state index in [0.29, 0.717) is 11.6 Å². The van der Waals surface area contributed by atoms with Gasteiger partial charge in [0.15, 0.2) is 0 Å². The quantitative estimate of drug-likeness (QED) is 0.777. The van der Waals surface area contributed by atoms with Gasteiger partial charge in [-0.05, 0) is 51.0 Å². The lowest BCUT2D eigenvalue weighted by Gasteiger charge is -2.29. The summed E-state index contributed by atoms with van der Waals surface area (Å²) < 4.78 is 0. The second-order valence-corrected chi connectivity index (χ2v) is 7.59. The first kappa shape index (κ1) is 21.0. The summed E-state index contributed by atoms with van der Waals surface area (Å²) in [6.45, 7) is 7.99. The van der Waals surface area contributed by atoms with Gasteiger partial charge >= 0.3 is 0 Å². The number of amides is 2. The van der Waals surface area contributed by atoms with E-state index < -0.39 is 6.04 Å². The summed E-state index contributed by atoms with van der Waals surface area (Å²) in [6, 6.07) is 14.7. The zero-order chi connectivity index (χ0) is 20.0. The van der Waals surface area contributed by atoms with Gasteiger partial charge in [0.05, 0.1) is 6.42 Å². The van der Waals surface area contributed by atoms with Crippen LogP contribution in [-0.2, 0) is 22.6 Å². The molecule has 2 rings (SSSR count). The molecule has 0 fully saturated rings. The summed E-state index contributed by atoms with van der Waals surface area (Å²) in [5.41, 5.74) is 3.02. The van der Waals surface area contributed by atoms with E-state index in [1.807, 2.05) is 57.2 Å². The molecule has 0 aromatic heterocycles. The van der Waals surface area contributed by atoms with Crippen LogP contribution in [0, 0.1) is 6.92 Å². The van der Waals surface area contributed by atoms with Crippen LogP contribution in [0.1, 0.15) is 37.5 Å². The van der Waals surface area contributed by atoms with E-state index in [2.05, 4.69) is 5.32 Å². The van der Waals surface area contributed by atoms with Gasteiger partial charge in [-0.1, -0.05) is 53.6 Å². The van der Waals surface area contributed by atoms with Crippen LogP contribution in [0.25, 0.3) is 0 Å². The lowest BCUT2D eigenvalue weighted by molar-refractivity contribution is -0.140. The number of aryl methyl sites for hydroxylation is 1. The molecule has 0 saturated heterocycles. The summed E-state index contributed by atoms with van der Waals surface area (Å²) in [5, 5.41) is 3.53. The van der Waals surface area contributed by atoms with Crippen molar-refractivity contribution < 1.29 is 9.59 Å². The zero-order valence-corrected chi connectivity index (χ0v) is 17.1. The Morgan fingerprint density at radius 3 is 2.07 bits per heavy atom. The maximum atomic E-state index is 13.0. The number of hydrogen-bond acceptors (Lipinski definition) is 2. The largest absolute Gasteiger partial charge is 0.352 e. The van der Waals surface area contributed by atoms with Crippen molar-refractivity contribution in [2.75, 3.05) is 0 Å². The van der Waals surface area contributed by atoms with E-state index in [9.17, 15) is 9.59 Å². The Labute approximate surface area is 166 Å². The van der Waals surface area contributed by atoms with Crippen molar-refractivity contribution in [2.24, 2.45) is 0 Å². The minimum atomic E-state index is -0.562. The van der Waals surface area contributed by atoms with Gasteiger partial charge in [0, 0.05) is 17.6 Å². The van der Waals surface area contributed by atoms with Gasteiger partial charge in [-0.25, -0.2) is 0 Å². The average Bonchev–Trinajstić information content (AvgIpc) is 2.62. The van der Waals surface area contributed by atoms with E-state index in [-0.39, 0.29) is 24.3 Å². The number of benzene rings is 2. The molecule has 1 N–H and O–H groups in total. The summed E-state index contributed by atoms with van der Waals surface area (Å²) in [5.74, 6) is -0.245. The van der Waals surface area contributed by atoms with Crippen molar-refractivity contribution in [1.29, 1.82) is 0 Å². The predicted octanol–water partition coefficient (Wildman–Crippen LogP) is 4.13. The lowest BCUT2D eigenvalue weighted by atomic mass is 10.1. The molecule has 0 aliphatic carbocycles. The Balaban J connectivity index is 2.21. The van der Waals surface area contributed by atoms with Crippen molar-refractivity contribution in [3.05, 3.63) is 70.2 Å². The SMILES string of the molecule is Cc1ccc(CN(C(=O)Cc2ccc(Cl)cc2)[C@H](C)C(=O)NC(C)C)cc1. The highest BCUT2D eigenvalue weighted by Gasteiger charge is 2.26. The van der Waals surface area contributed by atoms with E-state index in [1.54, 1.807) is 24.0 Å². The van der Waals surface area contributed by atoms with E-state index in [1.165, 1.54) is 0 Å². The fourth-order valence-corrected chi connectivity index (χ4v) is 2.88. The minimum Gasteiger partial charge on any atom is -0.352 e. The Kier molecular flexibility index (Phi) is 7.43. The number of nitrogens with zero attached hydrogens (tertiary/aromatic N) is 1. The standard InChI is InChI=1S/C22H27ClN2O2/c1-15(2)24-22(27)17(4)25(14-19-7-5-16(3)6-8-19)21(26)13-18-9-11-20(23)12-10-18/h5-12,15,17H,13-14H2,1-4H3,(H,24,27)/t17-/m1/s1. The highest BCUT2D eigenvalue weighted by molar-refractivity contribution is 6.30. The predicted molar refractivity (Wildman–Crippen MR) is 110 cm³/mol. The van der Waals surface area contributed by atoms with Gasteiger partial charge in [0.2, 0.25) is 11.8 Å². The number of carbonyl (C=O) groups excluding carboxylic acids is 2. The van der Waals surface area contributed by atoms with Crippen LogP contribution in [0.2, 0.25) is 5.02 Å². The van der Waals surface area contributed by atoms with Gasteiger partial charge in [-0.2, -0.15) is 0 Å². The third-order valence-corrected chi connectivity index (χ3v) is 4.59. The highest BCUT2D eigenvalue weighted by atomic mass is 35.5. The summed E-state index contributed by atoms with van der Waals surface area (Å²) in [7, 11) is 0. The fraction of sp³-hybridized carbons (Fsp3) is 0.364. The molecule has 2 aromatic rings. The normalized spacial score (nSPS) is 11.9. The second-order valence-electron chi connectivity index (χ2n) is 7.15. The smallest absolute Gasteiger partial charge is 0.242 e. The van der Waals surface area contributed by atoms with Crippen molar-refractivity contribution in [2.45, 2.75) is 52.7 Å². The van der Waals surface area contributed by atoms with Crippen LogP contribution >= 0.6 is 11.6 Å². The van der Waals surface area contributed by atoms with Gasteiger partial charge in [-0.15, -0.1) is 0 Å². The molecular formula is C22H27ClN2O2. The molecule has 5 heteroatoms. The topological polar surface area (TPSA) is 49.4 Å². The number of carbonyl (C=O) groups is 2. The Hall–Kier alpha value is -2.33. The number of halogens is 1. The number of nitrogens with one attached hydrogen (secondary N) is 1. The van der Waals surface area contributed by atoms with Gasteiger partial charge in [-0.3, -0.25) is 9.59 Å². The summed E-state index contributed by atoms with van der Waals surface area (Å²) in [4.78, 5) is 27.2. The Morgan fingerprint density at radius 2 is 1.52 bits per heavy atom. The van der Waals surface area contributed by atoms with Gasteiger partial charge < -0.3 is 10.2 Å². The molecule has 0 saturated carbocycles. The van der Waals surface area contributed by atoms with Crippen LogP contribution in [0.3, 0.4) is 0 Å².